The third-order valence-corrected chi connectivity index (χ3v) is 3.91. The van der Waals surface area contributed by atoms with E-state index in [0.29, 0.717) is 19.0 Å². The summed E-state index contributed by atoms with van der Waals surface area (Å²) < 4.78 is 10.4. The second kappa shape index (κ2) is 7.21. The lowest BCUT2D eigenvalue weighted by Gasteiger charge is -2.14. The predicted octanol–water partition coefficient (Wildman–Crippen LogP) is 2.22. The number of hydrogen-bond acceptors (Lipinski definition) is 5. The molecule has 3 rings (SSSR count). The number of nitrogens with one attached hydrogen (secondary N) is 1. The summed E-state index contributed by atoms with van der Waals surface area (Å²) in [7, 11) is 1.57. The molecule has 1 aliphatic rings. The highest BCUT2D eigenvalue weighted by Crippen LogP contribution is 2.27. The lowest BCUT2D eigenvalue weighted by Crippen LogP contribution is -2.33. The smallest absolute Gasteiger partial charge is 0.414 e. The summed E-state index contributed by atoms with van der Waals surface area (Å²) in [5.74, 6) is 0.400. The SMILES string of the molecule is COc1cc(-c2ccc(N3CC(CNC(C)=O)OC3=O)cc2)ccn1. The number of pyridine rings is 1. The number of rotatable bonds is 5. The van der Waals surface area contributed by atoms with Crippen LogP contribution in [0.1, 0.15) is 6.92 Å². The predicted molar refractivity (Wildman–Crippen MR) is 92.5 cm³/mol. The minimum atomic E-state index is -0.409. The molecule has 0 saturated carbocycles. The van der Waals surface area contributed by atoms with Crippen LogP contribution in [0.15, 0.2) is 42.6 Å². The van der Waals surface area contributed by atoms with Crippen LogP contribution in [0.3, 0.4) is 0 Å². The summed E-state index contributed by atoms with van der Waals surface area (Å²) in [6.45, 7) is 2.15. The monoisotopic (exact) mass is 341 g/mol. The Kier molecular flexibility index (Phi) is 4.83. The molecular formula is C18H19N3O4. The fourth-order valence-electron chi connectivity index (χ4n) is 2.63. The Balaban J connectivity index is 1.71. The average Bonchev–Trinajstić information content (AvgIpc) is 3.01. The molecule has 1 N–H and O–H groups in total. The molecule has 2 heterocycles. The minimum absolute atomic E-state index is 0.147. The Morgan fingerprint density at radius 1 is 1.32 bits per heavy atom. The first-order valence-corrected chi connectivity index (χ1v) is 7.90. The van der Waals surface area contributed by atoms with Crippen molar-refractivity contribution in [2.24, 2.45) is 0 Å². The van der Waals surface area contributed by atoms with E-state index in [2.05, 4.69) is 10.3 Å². The summed E-state index contributed by atoms with van der Waals surface area (Å²) in [5.41, 5.74) is 2.72. The minimum Gasteiger partial charge on any atom is -0.481 e. The van der Waals surface area contributed by atoms with Crippen LogP contribution in [0.4, 0.5) is 10.5 Å². The normalized spacial score (nSPS) is 16.5. The number of amides is 2. The topological polar surface area (TPSA) is 80.8 Å². The van der Waals surface area contributed by atoms with Gasteiger partial charge in [-0.15, -0.1) is 0 Å². The molecule has 0 radical (unpaired) electrons. The molecule has 1 aromatic carbocycles. The highest BCUT2D eigenvalue weighted by Gasteiger charge is 2.32. The van der Waals surface area contributed by atoms with Gasteiger partial charge in [-0.3, -0.25) is 9.69 Å². The number of methoxy groups -OCH3 is 1. The number of nitrogens with zero attached hydrogens (tertiary/aromatic N) is 2. The molecule has 0 spiro atoms. The Morgan fingerprint density at radius 3 is 2.76 bits per heavy atom. The van der Waals surface area contributed by atoms with E-state index in [1.807, 2.05) is 36.4 Å². The molecule has 25 heavy (non-hydrogen) atoms. The third-order valence-electron chi connectivity index (χ3n) is 3.91. The second-order valence-electron chi connectivity index (χ2n) is 5.69. The molecule has 1 saturated heterocycles. The van der Waals surface area contributed by atoms with Crippen LogP contribution >= 0.6 is 0 Å². The average molecular weight is 341 g/mol. The molecule has 1 unspecified atom stereocenters. The van der Waals surface area contributed by atoms with Crippen LogP contribution in [0.2, 0.25) is 0 Å². The van der Waals surface area contributed by atoms with Crippen molar-refractivity contribution in [2.45, 2.75) is 13.0 Å². The van der Waals surface area contributed by atoms with Crippen molar-refractivity contribution in [1.29, 1.82) is 0 Å². The van der Waals surface area contributed by atoms with Gasteiger partial charge in [0.15, 0.2) is 0 Å². The first kappa shape index (κ1) is 16.8. The van der Waals surface area contributed by atoms with Gasteiger partial charge in [-0.05, 0) is 29.3 Å². The highest BCUT2D eigenvalue weighted by atomic mass is 16.6. The van der Waals surface area contributed by atoms with E-state index in [4.69, 9.17) is 9.47 Å². The number of cyclic esters (lactones) is 1. The Morgan fingerprint density at radius 2 is 2.08 bits per heavy atom. The number of anilines is 1. The molecule has 0 aliphatic carbocycles. The van der Waals surface area contributed by atoms with Gasteiger partial charge in [-0.2, -0.15) is 0 Å². The standard InChI is InChI=1S/C18H19N3O4/c1-12(22)20-10-16-11-21(18(23)25-16)15-5-3-13(4-6-15)14-7-8-19-17(9-14)24-2/h3-9,16H,10-11H2,1-2H3,(H,20,22). The maximum atomic E-state index is 12.0. The molecule has 130 valence electrons. The lowest BCUT2D eigenvalue weighted by atomic mass is 10.1. The third kappa shape index (κ3) is 3.88. The van der Waals surface area contributed by atoms with E-state index in [1.165, 1.54) is 6.92 Å². The van der Waals surface area contributed by atoms with Gasteiger partial charge in [-0.1, -0.05) is 12.1 Å². The fraction of sp³-hybridized carbons (Fsp3) is 0.278. The van der Waals surface area contributed by atoms with Gasteiger partial charge in [0, 0.05) is 24.9 Å². The Hall–Kier alpha value is -3.09. The second-order valence-corrected chi connectivity index (χ2v) is 5.69. The number of benzene rings is 1. The van der Waals surface area contributed by atoms with Crippen LogP contribution in [0.5, 0.6) is 5.88 Å². The van der Waals surface area contributed by atoms with Gasteiger partial charge in [0.2, 0.25) is 11.8 Å². The lowest BCUT2D eigenvalue weighted by molar-refractivity contribution is -0.119. The van der Waals surface area contributed by atoms with Crippen LogP contribution in [-0.2, 0) is 9.53 Å². The number of aromatic nitrogens is 1. The summed E-state index contributed by atoms with van der Waals surface area (Å²) in [5, 5.41) is 2.66. The van der Waals surface area contributed by atoms with Crippen molar-refractivity contribution in [3.8, 4) is 17.0 Å². The van der Waals surface area contributed by atoms with Crippen LogP contribution in [0.25, 0.3) is 11.1 Å². The van der Waals surface area contributed by atoms with Crippen LogP contribution < -0.4 is 15.0 Å². The van der Waals surface area contributed by atoms with Crippen molar-refractivity contribution in [2.75, 3.05) is 25.1 Å². The van der Waals surface area contributed by atoms with E-state index in [-0.39, 0.29) is 12.0 Å². The molecule has 1 atom stereocenters. The Bertz CT molecular complexity index is 776. The van der Waals surface area contributed by atoms with Crippen LogP contribution in [0, 0.1) is 0 Å². The first-order valence-electron chi connectivity index (χ1n) is 7.90. The van der Waals surface area contributed by atoms with Crippen molar-refractivity contribution in [3.63, 3.8) is 0 Å². The van der Waals surface area contributed by atoms with E-state index in [0.717, 1.165) is 16.8 Å². The van der Waals surface area contributed by atoms with Gasteiger partial charge in [-0.25, -0.2) is 9.78 Å². The molecule has 1 aliphatic heterocycles. The first-order chi connectivity index (χ1) is 12.1. The molecule has 7 nitrogen and oxygen atoms in total. The zero-order valence-electron chi connectivity index (χ0n) is 14.1. The van der Waals surface area contributed by atoms with Gasteiger partial charge in [0.1, 0.15) is 6.10 Å². The zero-order chi connectivity index (χ0) is 17.8. The largest absolute Gasteiger partial charge is 0.481 e. The quantitative estimate of drug-likeness (QED) is 0.902. The summed E-state index contributed by atoms with van der Waals surface area (Å²) in [6, 6.07) is 11.3. The number of carbonyl (C=O) groups is 2. The molecule has 2 aromatic rings. The number of carbonyl (C=O) groups excluding carboxylic acids is 2. The molecular weight excluding hydrogens is 322 g/mol. The Labute approximate surface area is 145 Å². The summed E-state index contributed by atoms with van der Waals surface area (Å²) in [6.07, 6.45) is 0.932. The molecule has 1 aromatic heterocycles. The molecule has 7 heteroatoms. The van der Waals surface area contributed by atoms with Crippen molar-refractivity contribution in [1.82, 2.24) is 10.3 Å². The zero-order valence-corrected chi connectivity index (χ0v) is 14.1. The van der Waals surface area contributed by atoms with Gasteiger partial charge in [0.25, 0.3) is 0 Å². The van der Waals surface area contributed by atoms with Crippen LogP contribution in [-0.4, -0.2) is 43.3 Å². The van der Waals surface area contributed by atoms with E-state index < -0.39 is 6.09 Å². The van der Waals surface area contributed by atoms with E-state index in [9.17, 15) is 9.59 Å². The summed E-state index contributed by atoms with van der Waals surface area (Å²) >= 11 is 0. The van der Waals surface area contributed by atoms with Gasteiger partial charge < -0.3 is 14.8 Å². The van der Waals surface area contributed by atoms with E-state index >= 15 is 0 Å². The number of hydrogen-bond donors (Lipinski definition) is 1. The molecule has 1 fully saturated rings. The van der Waals surface area contributed by atoms with Crippen molar-refractivity contribution < 1.29 is 19.1 Å². The molecule has 0 bridgehead atoms. The fourth-order valence-corrected chi connectivity index (χ4v) is 2.63. The van der Waals surface area contributed by atoms with Gasteiger partial charge >= 0.3 is 6.09 Å². The van der Waals surface area contributed by atoms with E-state index in [1.54, 1.807) is 18.2 Å². The highest BCUT2D eigenvalue weighted by molar-refractivity contribution is 5.90. The van der Waals surface area contributed by atoms with Crippen molar-refractivity contribution >= 4 is 17.7 Å². The maximum Gasteiger partial charge on any atom is 0.414 e. The number of ether oxygens (including phenoxy) is 2. The molecule has 2 amide bonds. The van der Waals surface area contributed by atoms with Crippen molar-refractivity contribution in [3.05, 3.63) is 42.6 Å². The maximum absolute atomic E-state index is 12.0. The summed E-state index contributed by atoms with van der Waals surface area (Å²) in [4.78, 5) is 28.7. The van der Waals surface area contributed by atoms with Gasteiger partial charge in [0.05, 0.1) is 20.2 Å².